The molecule has 1 saturated heterocycles. The van der Waals surface area contributed by atoms with Crippen LogP contribution in [0.5, 0.6) is 0 Å². The van der Waals surface area contributed by atoms with E-state index in [0.717, 1.165) is 23.3 Å². The van der Waals surface area contributed by atoms with Crippen molar-refractivity contribution in [2.75, 3.05) is 13.2 Å². The van der Waals surface area contributed by atoms with Gasteiger partial charge >= 0.3 is 5.97 Å². The van der Waals surface area contributed by atoms with Crippen molar-refractivity contribution in [3.05, 3.63) is 35.9 Å². The first-order valence-electron chi connectivity index (χ1n) is 10.2. The summed E-state index contributed by atoms with van der Waals surface area (Å²) in [6.07, 6.45) is 3.46. The Bertz CT molecular complexity index is 813. The molecular formula is C22H26N2O6. The molecule has 0 radical (unpaired) electrons. The average molecular weight is 414 g/mol. The van der Waals surface area contributed by atoms with Gasteiger partial charge in [0.1, 0.15) is 6.54 Å². The summed E-state index contributed by atoms with van der Waals surface area (Å²) in [5, 5.41) is 2.56. The molecule has 3 atom stereocenters. The van der Waals surface area contributed by atoms with E-state index in [-0.39, 0.29) is 29.4 Å². The summed E-state index contributed by atoms with van der Waals surface area (Å²) in [5.41, 5.74) is 0.891. The molecule has 0 spiro atoms. The van der Waals surface area contributed by atoms with Crippen molar-refractivity contribution in [3.8, 4) is 0 Å². The van der Waals surface area contributed by atoms with E-state index >= 15 is 0 Å². The van der Waals surface area contributed by atoms with Crippen LogP contribution in [0.15, 0.2) is 30.3 Å². The molecule has 1 aromatic carbocycles. The maximum Gasteiger partial charge on any atom is 0.326 e. The van der Waals surface area contributed by atoms with E-state index in [1.165, 1.54) is 6.92 Å². The lowest BCUT2D eigenvalue weighted by atomic mass is 9.81. The van der Waals surface area contributed by atoms with Gasteiger partial charge in [-0.3, -0.25) is 28.9 Å². The van der Waals surface area contributed by atoms with Crippen LogP contribution >= 0.6 is 0 Å². The molecule has 1 aliphatic carbocycles. The van der Waals surface area contributed by atoms with Gasteiger partial charge in [0.2, 0.25) is 11.8 Å². The second-order valence-corrected chi connectivity index (χ2v) is 7.84. The van der Waals surface area contributed by atoms with Crippen LogP contribution in [0.4, 0.5) is 0 Å². The van der Waals surface area contributed by atoms with Crippen LogP contribution in [0.1, 0.15) is 38.2 Å². The number of carbonyl (C=O) groups is 5. The summed E-state index contributed by atoms with van der Waals surface area (Å²) < 4.78 is 4.94. The zero-order valence-corrected chi connectivity index (χ0v) is 17.0. The lowest BCUT2D eigenvalue weighted by Gasteiger charge is -2.19. The second kappa shape index (κ2) is 9.65. The number of ketones is 1. The normalized spacial score (nSPS) is 21.7. The van der Waals surface area contributed by atoms with E-state index < -0.39 is 31.1 Å². The molecule has 1 saturated carbocycles. The number of nitrogens with one attached hydrogen (secondary N) is 1. The van der Waals surface area contributed by atoms with Gasteiger partial charge in [0.15, 0.2) is 12.4 Å². The van der Waals surface area contributed by atoms with Gasteiger partial charge in [-0.1, -0.05) is 43.2 Å². The number of nitrogens with zero attached hydrogens (tertiary/aromatic N) is 1. The van der Waals surface area contributed by atoms with E-state index in [9.17, 15) is 24.0 Å². The van der Waals surface area contributed by atoms with Gasteiger partial charge in [-0.15, -0.1) is 0 Å². The standard InChI is InChI=1S/C22H26N2O6/c1-14(25)18(11-15-7-3-2-4-8-15)23-19(26)13-30-20(27)12-24-21(28)16-9-5-6-10-17(16)22(24)29/h2-4,7-8,16-18H,5-6,9-13H2,1H3,(H,23,26)/t16-,17-,18+/m0/s1. The van der Waals surface area contributed by atoms with Gasteiger partial charge in [0.25, 0.3) is 5.91 Å². The Morgan fingerprint density at radius 3 is 2.23 bits per heavy atom. The molecular weight excluding hydrogens is 388 g/mol. The Balaban J connectivity index is 1.48. The van der Waals surface area contributed by atoms with Crippen LogP contribution in [0.25, 0.3) is 0 Å². The van der Waals surface area contributed by atoms with Crippen molar-refractivity contribution >= 4 is 29.5 Å². The van der Waals surface area contributed by atoms with Crippen LogP contribution in [0, 0.1) is 11.8 Å². The third kappa shape index (κ3) is 5.11. The van der Waals surface area contributed by atoms with Gasteiger partial charge < -0.3 is 10.1 Å². The van der Waals surface area contributed by atoms with Gasteiger partial charge in [-0.2, -0.15) is 0 Å². The van der Waals surface area contributed by atoms with Crippen LogP contribution in [0.3, 0.4) is 0 Å². The summed E-state index contributed by atoms with van der Waals surface area (Å²) in [4.78, 5) is 61.8. The first-order valence-corrected chi connectivity index (χ1v) is 10.2. The molecule has 1 heterocycles. The summed E-state index contributed by atoms with van der Waals surface area (Å²) in [5.74, 6) is -2.99. The van der Waals surface area contributed by atoms with Gasteiger partial charge in [0.05, 0.1) is 17.9 Å². The van der Waals surface area contributed by atoms with E-state index in [0.29, 0.717) is 19.3 Å². The summed E-state index contributed by atoms with van der Waals surface area (Å²) in [7, 11) is 0. The molecule has 1 aliphatic heterocycles. The number of Topliss-reactive ketones (excluding diaryl/α,β-unsaturated/α-hetero) is 1. The van der Waals surface area contributed by atoms with Crippen LogP contribution in [-0.4, -0.2) is 53.6 Å². The molecule has 8 heteroatoms. The zero-order chi connectivity index (χ0) is 21.7. The molecule has 2 aliphatic rings. The zero-order valence-electron chi connectivity index (χ0n) is 17.0. The minimum atomic E-state index is -0.826. The Labute approximate surface area is 174 Å². The second-order valence-electron chi connectivity index (χ2n) is 7.84. The maximum atomic E-state index is 12.4. The highest BCUT2D eigenvalue weighted by molar-refractivity contribution is 6.07. The first-order chi connectivity index (χ1) is 14.4. The number of fused-ring (bicyclic) bond motifs is 1. The third-order valence-corrected chi connectivity index (χ3v) is 5.69. The van der Waals surface area contributed by atoms with Crippen molar-refractivity contribution in [3.63, 3.8) is 0 Å². The minimum absolute atomic E-state index is 0.214. The maximum absolute atomic E-state index is 12.4. The van der Waals surface area contributed by atoms with E-state index in [4.69, 9.17) is 4.74 Å². The van der Waals surface area contributed by atoms with Gasteiger partial charge in [0, 0.05) is 0 Å². The Hall–Kier alpha value is -3.03. The molecule has 2 fully saturated rings. The number of likely N-dealkylation sites (tertiary alicyclic amines) is 1. The summed E-state index contributed by atoms with van der Waals surface area (Å²) in [6.45, 7) is 0.308. The topological polar surface area (TPSA) is 110 Å². The Morgan fingerprint density at radius 2 is 1.67 bits per heavy atom. The monoisotopic (exact) mass is 414 g/mol. The number of imide groups is 1. The fourth-order valence-electron chi connectivity index (χ4n) is 4.09. The van der Waals surface area contributed by atoms with E-state index in [2.05, 4.69) is 5.32 Å². The molecule has 3 rings (SSSR count). The molecule has 0 bridgehead atoms. The average Bonchev–Trinajstić information content (AvgIpc) is 2.97. The van der Waals surface area contributed by atoms with Crippen LogP contribution in [-0.2, 0) is 35.1 Å². The van der Waals surface area contributed by atoms with Crippen molar-refractivity contribution < 1.29 is 28.7 Å². The molecule has 30 heavy (non-hydrogen) atoms. The fraction of sp³-hybridized carbons (Fsp3) is 0.500. The molecule has 0 aromatic heterocycles. The fourth-order valence-corrected chi connectivity index (χ4v) is 4.09. The lowest BCUT2D eigenvalue weighted by molar-refractivity contribution is -0.155. The number of esters is 1. The Morgan fingerprint density at radius 1 is 1.07 bits per heavy atom. The summed E-state index contributed by atoms with van der Waals surface area (Å²) >= 11 is 0. The predicted molar refractivity (Wildman–Crippen MR) is 106 cm³/mol. The number of ether oxygens (including phenoxy) is 1. The lowest BCUT2D eigenvalue weighted by Crippen LogP contribution is -2.44. The largest absolute Gasteiger partial charge is 0.454 e. The molecule has 8 nitrogen and oxygen atoms in total. The molecule has 1 aromatic rings. The van der Waals surface area contributed by atoms with Crippen molar-refractivity contribution in [1.82, 2.24) is 10.2 Å². The van der Waals surface area contributed by atoms with Crippen molar-refractivity contribution in [2.45, 2.75) is 45.1 Å². The highest BCUT2D eigenvalue weighted by atomic mass is 16.5. The Kier molecular flexibility index (Phi) is 6.97. The first kappa shape index (κ1) is 21.7. The third-order valence-electron chi connectivity index (χ3n) is 5.69. The van der Waals surface area contributed by atoms with E-state index in [1.54, 1.807) is 0 Å². The SMILES string of the molecule is CC(=O)[C@@H](Cc1ccccc1)NC(=O)COC(=O)CN1C(=O)[C@H]2CCCC[C@@H]2C1=O. The number of carbonyl (C=O) groups excluding carboxylic acids is 5. The molecule has 0 unspecified atom stereocenters. The predicted octanol–water partition coefficient (Wildman–Crippen LogP) is 1.02. The molecule has 1 N–H and O–H groups in total. The number of benzene rings is 1. The number of rotatable bonds is 8. The number of hydrogen-bond donors (Lipinski definition) is 1. The number of hydrogen-bond acceptors (Lipinski definition) is 6. The van der Waals surface area contributed by atoms with Crippen molar-refractivity contribution in [2.24, 2.45) is 11.8 Å². The van der Waals surface area contributed by atoms with Crippen molar-refractivity contribution in [1.29, 1.82) is 0 Å². The molecule has 3 amide bonds. The quantitative estimate of drug-likeness (QED) is 0.502. The van der Waals surface area contributed by atoms with Gasteiger partial charge in [-0.25, -0.2) is 0 Å². The van der Waals surface area contributed by atoms with Crippen LogP contribution < -0.4 is 5.32 Å². The highest BCUT2D eigenvalue weighted by Gasteiger charge is 2.48. The minimum Gasteiger partial charge on any atom is -0.454 e. The molecule has 160 valence electrons. The van der Waals surface area contributed by atoms with Crippen LogP contribution in [0.2, 0.25) is 0 Å². The smallest absolute Gasteiger partial charge is 0.326 e. The highest BCUT2D eigenvalue weighted by Crippen LogP contribution is 2.37. The van der Waals surface area contributed by atoms with E-state index in [1.807, 2.05) is 30.3 Å². The number of amides is 3. The van der Waals surface area contributed by atoms with Gasteiger partial charge in [-0.05, 0) is 31.7 Å². The summed E-state index contributed by atoms with van der Waals surface area (Å²) in [6, 6.07) is 8.51.